The number of thioether (sulfide) groups is 2. The molecule has 13 nitrogen and oxygen atoms in total. The van der Waals surface area contributed by atoms with Gasteiger partial charge in [0.05, 0.1) is 9.85 Å². The number of aryl methyl sites for hydroxylation is 2. The molecule has 2 saturated heterocycles. The lowest BCUT2D eigenvalue weighted by atomic mass is 10.1. The molecule has 2 aromatic carbocycles. The Bertz CT molecular complexity index is 1560. The van der Waals surface area contributed by atoms with Crippen LogP contribution < -0.4 is 0 Å². The van der Waals surface area contributed by atoms with Gasteiger partial charge in [-0.3, -0.25) is 25.0 Å². The number of likely N-dealkylation sites (tertiary alicyclic amines) is 2. The first-order valence-corrected chi connectivity index (χ1v) is 18.8. The molecule has 4 rings (SSSR count). The fraction of sp³-hybridized carbons (Fsp3) is 0.583. The van der Waals surface area contributed by atoms with Crippen LogP contribution >= 0.6 is 23.5 Å². The summed E-state index contributed by atoms with van der Waals surface area (Å²) in [5.74, 6) is -0.451. The molecule has 0 saturated carbocycles. The maximum atomic E-state index is 12.4. The van der Waals surface area contributed by atoms with Crippen LogP contribution in [0.4, 0.5) is 25.4 Å². The number of nitro groups is 2. The van der Waals surface area contributed by atoms with Crippen molar-refractivity contribution in [3.63, 3.8) is 0 Å². The van der Waals surface area contributed by atoms with E-state index in [2.05, 4.69) is 0 Å². The quantitative estimate of drug-likeness (QED) is 0.211. The first-order valence-electron chi connectivity index (χ1n) is 17.0. The van der Waals surface area contributed by atoms with Crippen LogP contribution in [0.3, 0.4) is 0 Å². The van der Waals surface area contributed by atoms with Gasteiger partial charge in [0.25, 0.3) is 11.4 Å². The number of hydrogen-bond acceptors (Lipinski definition) is 11. The van der Waals surface area contributed by atoms with Gasteiger partial charge in [-0.15, -0.1) is 11.8 Å². The van der Waals surface area contributed by atoms with Crippen molar-refractivity contribution in [3.8, 4) is 0 Å². The molecule has 288 valence electrons. The van der Waals surface area contributed by atoms with Gasteiger partial charge in [0.15, 0.2) is 5.12 Å². The van der Waals surface area contributed by atoms with Crippen molar-refractivity contribution < 1.29 is 38.1 Å². The van der Waals surface area contributed by atoms with Gasteiger partial charge in [-0.25, -0.2) is 14.0 Å². The van der Waals surface area contributed by atoms with Crippen LogP contribution in [-0.2, 0) is 14.3 Å². The summed E-state index contributed by atoms with van der Waals surface area (Å²) in [6.07, 6.45) is 3.01. The Balaban J connectivity index is 0.000000291. The molecular formula is C36H51FN4O9S2. The minimum Gasteiger partial charge on any atom is -0.444 e. The second kappa shape index (κ2) is 19.8. The van der Waals surface area contributed by atoms with Crippen LogP contribution in [0, 0.1) is 39.9 Å². The normalized spacial score (nSPS) is 15.3. The van der Waals surface area contributed by atoms with Crippen LogP contribution in [0.15, 0.2) is 41.3 Å². The molecule has 0 radical (unpaired) electrons. The molecule has 0 bridgehead atoms. The second-order valence-electron chi connectivity index (χ2n) is 14.5. The SMILES string of the molecule is CC(=O)SC1CCN(C(=O)OC(C)(C)C)CC1.Cc1cc(F)ccc1[N+](=O)[O-].Cc1cc(SC2CCN(C(=O)OC(C)(C)C)CC2)ccc1[N+](=O)[O-]. The average Bonchev–Trinajstić information content (AvgIpc) is 3.00. The van der Waals surface area contributed by atoms with Crippen molar-refractivity contribution in [3.05, 3.63) is 73.6 Å². The Kier molecular flexibility index (Phi) is 16.8. The molecule has 2 aliphatic rings. The molecule has 2 heterocycles. The zero-order chi connectivity index (χ0) is 39.4. The molecule has 0 N–H and O–H groups in total. The summed E-state index contributed by atoms with van der Waals surface area (Å²) in [4.78, 5) is 59.5. The number of carbonyl (C=O) groups is 3. The number of nitrogens with zero attached hydrogens (tertiary/aromatic N) is 4. The van der Waals surface area contributed by atoms with Crippen molar-refractivity contribution in [2.45, 2.75) is 115 Å². The molecule has 52 heavy (non-hydrogen) atoms. The fourth-order valence-corrected chi connectivity index (χ4v) is 7.26. The van der Waals surface area contributed by atoms with Gasteiger partial charge in [-0.2, -0.15) is 0 Å². The van der Waals surface area contributed by atoms with Crippen LogP contribution in [0.2, 0.25) is 0 Å². The van der Waals surface area contributed by atoms with Gasteiger partial charge < -0.3 is 19.3 Å². The lowest BCUT2D eigenvalue weighted by Crippen LogP contribution is -2.42. The molecule has 16 heteroatoms. The molecule has 0 aromatic heterocycles. The molecule has 2 aliphatic heterocycles. The lowest BCUT2D eigenvalue weighted by Gasteiger charge is -2.33. The number of hydrogen-bond donors (Lipinski definition) is 0. The van der Waals surface area contributed by atoms with E-state index in [0.29, 0.717) is 47.8 Å². The number of nitro benzene ring substituents is 2. The molecular weight excluding hydrogens is 716 g/mol. The third-order valence-electron chi connectivity index (χ3n) is 7.54. The van der Waals surface area contributed by atoms with Crippen LogP contribution in [-0.4, -0.2) is 84.8 Å². The summed E-state index contributed by atoms with van der Waals surface area (Å²) in [6.45, 7) is 18.8. The first-order chi connectivity index (χ1) is 24.0. The summed E-state index contributed by atoms with van der Waals surface area (Å²) >= 11 is 3.11. The van der Waals surface area contributed by atoms with Crippen molar-refractivity contribution >= 4 is 52.2 Å². The highest BCUT2D eigenvalue weighted by molar-refractivity contribution is 8.14. The van der Waals surface area contributed by atoms with Gasteiger partial charge in [-0.05, 0) is 105 Å². The number of carbonyl (C=O) groups excluding carboxylic acids is 3. The number of rotatable bonds is 5. The Morgan fingerprint density at radius 3 is 1.50 bits per heavy atom. The Labute approximate surface area is 313 Å². The van der Waals surface area contributed by atoms with Crippen LogP contribution in [0.1, 0.15) is 85.3 Å². The summed E-state index contributed by atoms with van der Waals surface area (Å²) in [5.41, 5.74) is 0.206. The summed E-state index contributed by atoms with van der Waals surface area (Å²) in [7, 11) is 0. The summed E-state index contributed by atoms with van der Waals surface area (Å²) < 4.78 is 23.1. The minimum atomic E-state index is -0.533. The zero-order valence-electron chi connectivity index (χ0n) is 31.4. The van der Waals surface area contributed by atoms with Crippen molar-refractivity contribution in [1.29, 1.82) is 0 Å². The zero-order valence-corrected chi connectivity index (χ0v) is 33.1. The van der Waals surface area contributed by atoms with E-state index in [9.17, 15) is 39.0 Å². The Hall–Kier alpha value is -3.92. The maximum absolute atomic E-state index is 12.4. The molecule has 0 unspecified atom stereocenters. The van der Waals surface area contributed by atoms with Gasteiger partial charge in [0.2, 0.25) is 0 Å². The lowest BCUT2D eigenvalue weighted by molar-refractivity contribution is -0.385. The maximum Gasteiger partial charge on any atom is 0.410 e. The van der Waals surface area contributed by atoms with E-state index in [-0.39, 0.29) is 33.6 Å². The van der Waals surface area contributed by atoms with Gasteiger partial charge in [-0.1, -0.05) is 11.8 Å². The molecule has 2 amide bonds. The number of amides is 2. The van der Waals surface area contributed by atoms with Crippen molar-refractivity contribution in [2.24, 2.45) is 0 Å². The Morgan fingerprint density at radius 1 is 0.731 bits per heavy atom. The largest absolute Gasteiger partial charge is 0.444 e. The molecule has 2 aromatic rings. The highest BCUT2D eigenvalue weighted by atomic mass is 32.2. The molecule has 0 aliphatic carbocycles. The highest BCUT2D eigenvalue weighted by Gasteiger charge is 2.29. The van der Waals surface area contributed by atoms with E-state index in [4.69, 9.17) is 9.47 Å². The van der Waals surface area contributed by atoms with Crippen LogP contribution in [0.25, 0.3) is 0 Å². The second-order valence-corrected chi connectivity index (χ2v) is 17.3. The third kappa shape index (κ3) is 16.2. The molecule has 0 atom stereocenters. The van der Waals surface area contributed by atoms with Crippen LogP contribution in [0.5, 0.6) is 0 Å². The average molecular weight is 767 g/mol. The standard InChI is InChI=1S/C17H24N2O4S.C12H21NO3S.C7H6FNO2/c1-12-11-14(5-6-15(12)19(21)22)24-13-7-9-18(10-8-13)16(20)23-17(2,3)4;1-9(14)17-10-5-7-13(8-6-10)11(15)16-12(2,3)4;1-5-4-6(8)2-3-7(5)9(10)11/h5-6,11,13H,7-10H2,1-4H3;10H,5-8H2,1-4H3;2-4H,1H3. The van der Waals surface area contributed by atoms with Gasteiger partial charge in [0.1, 0.15) is 17.0 Å². The number of halogens is 1. The molecule has 2 fully saturated rings. The van der Waals surface area contributed by atoms with Gasteiger partial charge >= 0.3 is 12.2 Å². The first kappa shape index (κ1) is 44.2. The van der Waals surface area contributed by atoms with E-state index in [1.807, 2.05) is 47.6 Å². The topological polar surface area (TPSA) is 162 Å². The predicted octanol–water partition coefficient (Wildman–Crippen LogP) is 9.10. The van der Waals surface area contributed by atoms with E-state index in [0.717, 1.165) is 48.8 Å². The highest BCUT2D eigenvalue weighted by Crippen LogP contribution is 2.33. The third-order valence-corrected chi connectivity index (χ3v) is 10.0. The minimum absolute atomic E-state index is 0.0496. The van der Waals surface area contributed by atoms with Crippen molar-refractivity contribution in [2.75, 3.05) is 26.2 Å². The monoisotopic (exact) mass is 766 g/mol. The van der Waals surface area contributed by atoms with E-state index >= 15 is 0 Å². The predicted molar refractivity (Wildman–Crippen MR) is 201 cm³/mol. The van der Waals surface area contributed by atoms with Crippen molar-refractivity contribution in [1.82, 2.24) is 9.80 Å². The summed E-state index contributed by atoms with van der Waals surface area (Å²) in [6, 6.07) is 8.60. The fourth-order valence-electron chi connectivity index (χ4n) is 5.12. The van der Waals surface area contributed by atoms with E-state index in [1.54, 1.807) is 47.5 Å². The summed E-state index contributed by atoms with van der Waals surface area (Å²) in [5, 5.41) is 22.0. The number of piperidine rings is 2. The van der Waals surface area contributed by atoms with E-state index in [1.165, 1.54) is 18.7 Å². The van der Waals surface area contributed by atoms with Gasteiger partial charge in [0, 0.05) is 71.8 Å². The number of benzene rings is 2. The Morgan fingerprint density at radius 2 is 1.13 bits per heavy atom. The smallest absolute Gasteiger partial charge is 0.410 e. The van der Waals surface area contributed by atoms with E-state index < -0.39 is 21.9 Å². The molecule has 0 spiro atoms. The number of ether oxygens (including phenoxy) is 2.